The van der Waals surface area contributed by atoms with Gasteiger partial charge in [-0.3, -0.25) is 0 Å². The van der Waals surface area contributed by atoms with Crippen molar-refractivity contribution in [2.45, 2.75) is 0 Å². The smallest absolute Gasteiger partial charge is 0.199 e. The molecule has 5 nitrogen and oxygen atoms in total. The number of rotatable bonds is 2. The van der Waals surface area contributed by atoms with Crippen LogP contribution in [0.15, 0.2) is 24.3 Å². The predicted molar refractivity (Wildman–Crippen MR) is 70.5 cm³/mol. The molecule has 0 saturated heterocycles. The average Bonchev–Trinajstić information content (AvgIpc) is 2.38. The maximum absolute atomic E-state index is 9.10. The molecule has 90 valence electrons. The van der Waals surface area contributed by atoms with Gasteiger partial charge in [0.15, 0.2) is 4.77 Å². The average molecular weight is 258 g/mol. The first kappa shape index (κ1) is 12.1. The molecule has 0 amide bonds. The van der Waals surface area contributed by atoms with Gasteiger partial charge in [0.25, 0.3) is 0 Å². The summed E-state index contributed by atoms with van der Waals surface area (Å²) in [6.45, 7) is 0. The Labute approximate surface area is 109 Å². The molecule has 0 aliphatic heterocycles. The van der Waals surface area contributed by atoms with E-state index in [1.807, 2.05) is 18.2 Å². The lowest BCUT2D eigenvalue weighted by Gasteiger charge is -2.07. The summed E-state index contributed by atoms with van der Waals surface area (Å²) in [6, 6.07) is 9.25. The van der Waals surface area contributed by atoms with E-state index >= 15 is 0 Å². The molecule has 0 atom stereocenters. The first-order valence-electron chi connectivity index (χ1n) is 5.10. The van der Waals surface area contributed by atoms with Crippen molar-refractivity contribution in [1.82, 2.24) is 9.97 Å². The second-order valence-electron chi connectivity index (χ2n) is 3.52. The van der Waals surface area contributed by atoms with Crippen LogP contribution in [0.1, 0.15) is 5.56 Å². The van der Waals surface area contributed by atoms with E-state index in [2.05, 4.69) is 9.97 Å². The molecular formula is C12H10N4OS. The third-order valence-electron chi connectivity index (χ3n) is 2.45. The van der Waals surface area contributed by atoms with Crippen molar-refractivity contribution < 1.29 is 4.74 Å². The van der Waals surface area contributed by atoms with Crippen LogP contribution in [0.5, 0.6) is 5.75 Å². The molecule has 1 heterocycles. The van der Waals surface area contributed by atoms with E-state index in [9.17, 15) is 0 Å². The molecule has 0 spiro atoms. The van der Waals surface area contributed by atoms with Crippen molar-refractivity contribution in [1.29, 1.82) is 5.26 Å². The highest BCUT2D eigenvalue weighted by molar-refractivity contribution is 7.71. The quantitative estimate of drug-likeness (QED) is 0.807. The molecule has 0 aliphatic rings. The van der Waals surface area contributed by atoms with Crippen molar-refractivity contribution in [2.75, 3.05) is 12.8 Å². The zero-order valence-electron chi connectivity index (χ0n) is 9.60. The zero-order valence-corrected chi connectivity index (χ0v) is 10.4. The van der Waals surface area contributed by atoms with E-state index in [0.717, 1.165) is 11.3 Å². The van der Waals surface area contributed by atoms with Gasteiger partial charge in [-0.25, -0.2) is 4.98 Å². The van der Waals surface area contributed by atoms with E-state index in [4.69, 9.17) is 28.0 Å². The number of nitrogens with one attached hydrogen (secondary N) is 1. The molecule has 0 aliphatic carbocycles. The lowest BCUT2D eigenvalue weighted by molar-refractivity contribution is 0.415. The predicted octanol–water partition coefficient (Wildman–Crippen LogP) is 2.27. The van der Waals surface area contributed by atoms with Crippen LogP contribution in [0.2, 0.25) is 0 Å². The number of ether oxygens (including phenoxy) is 1. The Kier molecular flexibility index (Phi) is 3.26. The second-order valence-corrected chi connectivity index (χ2v) is 3.90. The van der Waals surface area contributed by atoms with Gasteiger partial charge in [-0.05, 0) is 42.0 Å². The van der Waals surface area contributed by atoms with Crippen LogP contribution in [0, 0.1) is 16.1 Å². The van der Waals surface area contributed by atoms with Crippen LogP contribution in [-0.2, 0) is 0 Å². The lowest BCUT2D eigenvalue weighted by atomic mass is 10.1. The van der Waals surface area contributed by atoms with Gasteiger partial charge in [0.1, 0.15) is 23.2 Å². The summed E-state index contributed by atoms with van der Waals surface area (Å²) in [7, 11) is 1.59. The number of hydrogen-bond donors (Lipinski definition) is 2. The molecule has 1 aromatic carbocycles. The Morgan fingerprint density at radius 3 is 2.61 bits per heavy atom. The largest absolute Gasteiger partial charge is 0.497 e. The number of benzene rings is 1. The van der Waals surface area contributed by atoms with E-state index in [-0.39, 0.29) is 16.2 Å². The molecule has 2 aromatic rings. The normalized spacial score (nSPS) is 9.78. The van der Waals surface area contributed by atoms with E-state index in [0.29, 0.717) is 5.69 Å². The van der Waals surface area contributed by atoms with Crippen molar-refractivity contribution >= 4 is 18.0 Å². The second kappa shape index (κ2) is 4.85. The highest BCUT2D eigenvalue weighted by Gasteiger charge is 2.10. The standard InChI is InChI=1S/C12H10N4OS/c1-17-8-4-2-7(3-5-8)10-9(6-13)11(14)16-12(18)15-10/h2-5H,1H3,(H3,14,15,16,18). The molecule has 3 N–H and O–H groups in total. The van der Waals surface area contributed by atoms with Gasteiger partial charge in [0, 0.05) is 0 Å². The molecule has 0 fully saturated rings. The maximum atomic E-state index is 9.10. The number of anilines is 1. The van der Waals surface area contributed by atoms with Crippen molar-refractivity contribution in [3.8, 4) is 23.1 Å². The molecule has 1 aromatic heterocycles. The SMILES string of the molecule is COc1ccc(-c2[nH]c(=S)nc(N)c2C#N)cc1. The van der Waals surface area contributed by atoms with Gasteiger partial charge in [0.05, 0.1) is 12.8 Å². The number of nitrogen functional groups attached to an aromatic ring is 1. The number of aromatic nitrogens is 2. The fourth-order valence-corrected chi connectivity index (χ4v) is 1.78. The minimum Gasteiger partial charge on any atom is -0.497 e. The molecule has 0 saturated carbocycles. The van der Waals surface area contributed by atoms with Crippen LogP contribution in [0.25, 0.3) is 11.3 Å². The van der Waals surface area contributed by atoms with Crippen molar-refractivity contribution in [2.24, 2.45) is 0 Å². The third-order valence-corrected chi connectivity index (χ3v) is 2.64. The van der Waals surface area contributed by atoms with Crippen molar-refractivity contribution in [3.05, 3.63) is 34.6 Å². The summed E-state index contributed by atoms with van der Waals surface area (Å²) in [6.07, 6.45) is 0. The highest BCUT2D eigenvalue weighted by atomic mass is 32.1. The molecule has 0 radical (unpaired) electrons. The summed E-state index contributed by atoms with van der Waals surface area (Å²) in [4.78, 5) is 6.74. The van der Waals surface area contributed by atoms with Gasteiger partial charge < -0.3 is 15.5 Å². The zero-order chi connectivity index (χ0) is 13.1. The van der Waals surface area contributed by atoms with Crippen LogP contribution >= 0.6 is 12.2 Å². The van der Waals surface area contributed by atoms with Crippen LogP contribution < -0.4 is 10.5 Å². The third kappa shape index (κ3) is 2.17. The summed E-state index contributed by atoms with van der Waals surface area (Å²) < 4.78 is 5.32. The summed E-state index contributed by atoms with van der Waals surface area (Å²) in [5, 5.41) is 9.10. The van der Waals surface area contributed by atoms with Gasteiger partial charge in [-0.2, -0.15) is 5.26 Å². The monoisotopic (exact) mass is 258 g/mol. The Bertz CT molecular complexity index is 670. The maximum Gasteiger partial charge on any atom is 0.199 e. The van der Waals surface area contributed by atoms with Gasteiger partial charge >= 0.3 is 0 Å². The van der Waals surface area contributed by atoms with Crippen LogP contribution in [0.4, 0.5) is 5.82 Å². The van der Waals surface area contributed by atoms with Gasteiger partial charge in [-0.1, -0.05) is 0 Å². The molecule has 2 rings (SSSR count). The van der Waals surface area contributed by atoms with E-state index in [1.54, 1.807) is 19.2 Å². The Morgan fingerprint density at radius 1 is 1.39 bits per heavy atom. The van der Waals surface area contributed by atoms with E-state index < -0.39 is 0 Å². The minimum absolute atomic E-state index is 0.132. The number of aromatic amines is 1. The lowest BCUT2D eigenvalue weighted by Crippen LogP contribution is -2.00. The van der Waals surface area contributed by atoms with Crippen LogP contribution in [0.3, 0.4) is 0 Å². The molecule has 0 bridgehead atoms. The number of nitrogens with two attached hydrogens (primary N) is 1. The Morgan fingerprint density at radius 2 is 2.06 bits per heavy atom. The minimum atomic E-state index is 0.132. The van der Waals surface area contributed by atoms with Crippen LogP contribution in [-0.4, -0.2) is 17.1 Å². The van der Waals surface area contributed by atoms with Crippen molar-refractivity contribution in [3.63, 3.8) is 0 Å². The summed E-state index contributed by atoms with van der Waals surface area (Å²) >= 11 is 4.96. The highest BCUT2D eigenvalue weighted by Crippen LogP contribution is 2.25. The number of methoxy groups -OCH3 is 1. The molecule has 6 heteroatoms. The number of nitriles is 1. The van der Waals surface area contributed by atoms with Gasteiger partial charge in [0.2, 0.25) is 0 Å². The van der Waals surface area contributed by atoms with Gasteiger partial charge in [-0.15, -0.1) is 0 Å². The summed E-state index contributed by atoms with van der Waals surface area (Å²) in [5.41, 5.74) is 7.33. The number of nitrogens with zero attached hydrogens (tertiary/aromatic N) is 2. The molecule has 18 heavy (non-hydrogen) atoms. The molecular weight excluding hydrogens is 248 g/mol. The topological polar surface area (TPSA) is 87.7 Å². The fraction of sp³-hybridized carbons (Fsp3) is 0.0833. The molecule has 0 unspecified atom stereocenters. The van der Waals surface area contributed by atoms with E-state index in [1.165, 1.54) is 0 Å². The first-order chi connectivity index (χ1) is 8.65. The number of hydrogen-bond acceptors (Lipinski definition) is 5. The summed E-state index contributed by atoms with van der Waals surface area (Å²) in [5.74, 6) is 0.866. The Balaban J connectivity index is 2.63. The fourth-order valence-electron chi connectivity index (χ4n) is 1.58. The first-order valence-corrected chi connectivity index (χ1v) is 5.51. The Hall–Kier alpha value is -2.39. The number of H-pyrrole nitrogens is 1.